The van der Waals surface area contributed by atoms with Crippen LogP contribution in [0.5, 0.6) is 5.75 Å². The molecule has 2 N–H and O–H groups in total. The van der Waals surface area contributed by atoms with Gasteiger partial charge in [-0.25, -0.2) is 0 Å². The summed E-state index contributed by atoms with van der Waals surface area (Å²) in [5, 5.41) is 6.55. The molecule has 0 fully saturated rings. The fourth-order valence-corrected chi connectivity index (χ4v) is 3.84. The number of para-hydroxylation sites is 1. The monoisotopic (exact) mass is 468 g/mol. The van der Waals surface area contributed by atoms with E-state index in [1.807, 2.05) is 12.1 Å². The van der Waals surface area contributed by atoms with Crippen LogP contribution in [0.15, 0.2) is 24.3 Å². The third kappa shape index (κ3) is 16.0. The number of hydrogen-bond acceptors (Lipinski definition) is 3. The van der Waals surface area contributed by atoms with Crippen LogP contribution in [0.2, 0.25) is 5.02 Å². The van der Waals surface area contributed by atoms with Crippen molar-refractivity contribution < 1.29 is 9.53 Å². The molecule has 0 aliphatic rings. The van der Waals surface area contributed by atoms with Crippen LogP contribution in [-0.2, 0) is 4.79 Å². The van der Waals surface area contributed by atoms with Crippen LogP contribution in [-0.4, -0.2) is 24.2 Å². The highest BCUT2D eigenvalue weighted by molar-refractivity contribution is 7.80. The predicted octanol–water partition coefficient (Wildman–Crippen LogP) is 7.19. The first-order valence-electron chi connectivity index (χ1n) is 12.1. The number of unbranched alkanes of at least 4 members (excludes halogenated alkanes) is 13. The first kappa shape index (κ1) is 27.7. The molecular formula is C25H41ClN2O2S. The first-order chi connectivity index (χ1) is 15.1. The van der Waals surface area contributed by atoms with Crippen molar-refractivity contribution in [3.8, 4) is 5.75 Å². The molecular weight excluding hydrogens is 428 g/mol. The van der Waals surface area contributed by atoms with Crippen LogP contribution in [0, 0.1) is 0 Å². The lowest BCUT2D eigenvalue weighted by Gasteiger charge is -2.11. The highest BCUT2D eigenvalue weighted by Gasteiger charge is 2.07. The molecule has 1 aromatic rings. The summed E-state index contributed by atoms with van der Waals surface area (Å²) in [4.78, 5) is 11.9. The number of amides is 1. The molecule has 6 heteroatoms. The largest absolute Gasteiger partial charge is 0.482 e. The number of carbonyl (C=O) groups excluding carboxylic acids is 1. The Hall–Kier alpha value is -1.33. The van der Waals surface area contributed by atoms with Crippen molar-refractivity contribution in [3.63, 3.8) is 0 Å². The summed E-state index contributed by atoms with van der Waals surface area (Å²) in [6.45, 7) is 2.93. The molecule has 31 heavy (non-hydrogen) atoms. The third-order valence-electron chi connectivity index (χ3n) is 5.26. The summed E-state index contributed by atoms with van der Waals surface area (Å²) >= 11 is 11.2. The molecule has 0 radical (unpaired) electrons. The molecule has 176 valence electrons. The minimum Gasteiger partial charge on any atom is -0.482 e. The number of thiocarbonyl (C=S) groups is 1. The Morgan fingerprint density at radius 1 is 0.871 bits per heavy atom. The molecule has 1 amide bonds. The standard InChI is InChI=1S/C25H41ClN2O2S/c1-2-3-4-5-6-7-8-9-10-11-12-13-14-17-20-27-25(31)28-24(29)21-30-23-19-16-15-18-22(23)26/h15-16,18-19H,2-14,17,20-21H2,1H3,(H2,27,28,29,31). The van der Waals surface area contributed by atoms with E-state index in [0.717, 1.165) is 13.0 Å². The molecule has 0 saturated carbocycles. The second kappa shape index (κ2) is 19.4. The van der Waals surface area contributed by atoms with Gasteiger partial charge in [-0.05, 0) is 30.8 Å². The van der Waals surface area contributed by atoms with Gasteiger partial charge in [0.15, 0.2) is 11.7 Å². The van der Waals surface area contributed by atoms with Crippen LogP contribution < -0.4 is 15.4 Å². The van der Waals surface area contributed by atoms with E-state index < -0.39 is 0 Å². The molecule has 0 unspecified atom stereocenters. The van der Waals surface area contributed by atoms with Crippen LogP contribution in [0.4, 0.5) is 0 Å². The molecule has 0 aromatic heterocycles. The van der Waals surface area contributed by atoms with E-state index in [1.165, 1.54) is 83.5 Å². The maximum atomic E-state index is 11.9. The number of hydrogen-bond donors (Lipinski definition) is 2. The van der Waals surface area contributed by atoms with E-state index in [1.54, 1.807) is 12.1 Å². The van der Waals surface area contributed by atoms with Gasteiger partial charge in [0.05, 0.1) is 5.02 Å². The summed E-state index contributed by atoms with van der Waals surface area (Å²) in [6.07, 6.45) is 18.8. The van der Waals surface area contributed by atoms with Gasteiger partial charge in [0, 0.05) is 6.54 Å². The van der Waals surface area contributed by atoms with E-state index in [0.29, 0.717) is 15.9 Å². The lowest BCUT2D eigenvalue weighted by atomic mass is 10.0. The van der Waals surface area contributed by atoms with Crippen LogP contribution in [0.25, 0.3) is 0 Å². The van der Waals surface area contributed by atoms with Crippen molar-refractivity contribution in [2.45, 2.75) is 96.8 Å². The van der Waals surface area contributed by atoms with E-state index in [-0.39, 0.29) is 12.5 Å². The highest BCUT2D eigenvalue weighted by atomic mass is 35.5. The maximum absolute atomic E-state index is 11.9. The zero-order chi connectivity index (χ0) is 22.6. The molecule has 0 heterocycles. The molecule has 0 atom stereocenters. The molecule has 0 spiro atoms. The minimum atomic E-state index is -0.293. The maximum Gasteiger partial charge on any atom is 0.264 e. The van der Waals surface area contributed by atoms with Crippen molar-refractivity contribution in [1.82, 2.24) is 10.6 Å². The normalized spacial score (nSPS) is 10.6. The summed E-state index contributed by atoms with van der Waals surface area (Å²) in [7, 11) is 0. The summed E-state index contributed by atoms with van der Waals surface area (Å²) in [6, 6.07) is 7.06. The molecule has 0 aliphatic heterocycles. The second-order valence-electron chi connectivity index (χ2n) is 8.12. The lowest BCUT2D eigenvalue weighted by Crippen LogP contribution is -2.41. The molecule has 1 aromatic carbocycles. The quantitative estimate of drug-likeness (QED) is 0.177. The van der Waals surface area contributed by atoms with Crippen molar-refractivity contribution in [2.24, 2.45) is 0 Å². The lowest BCUT2D eigenvalue weighted by molar-refractivity contribution is -0.121. The van der Waals surface area contributed by atoms with E-state index in [4.69, 9.17) is 28.6 Å². The van der Waals surface area contributed by atoms with Crippen LogP contribution in [0.1, 0.15) is 96.8 Å². The zero-order valence-corrected chi connectivity index (χ0v) is 20.8. The number of nitrogens with one attached hydrogen (secondary N) is 2. The Morgan fingerprint density at radius 3 is 1.94 bits per heavy atom. The van der Waals surface area contributed by atoms with Gasteiger partial charge in [0.25, 0.3) is 5.91 Å². The van der Waals surface area contributed by atoms with Gasteiger partial charge in [0.1, 0.15) is 5.75 Å². The fraction of sp³-hybridized carbons (Fsp3) is 0.680. The van der Waals surface area contributed by atoms with Crippen molar-refractivity contribution in [1.29, 1.82) is 0 Å². The number of carbonyl (C=O) groups is 1. The Kier molecular flexibility index (Phi) is 17.3. The van der Waals surface area contributed by atoms with Gasteiger partial charge in [-0.1, -0.05) is 114 Å². The van der Waals surface area contributed by atoms with Crippen LogP contribution in [0.3, 0.4) is 0 Å². The van der Waals surface area contributed by atoms with E-state index >= 15 is 0 Å². The van der Waals surface area contributed by atoms with Crippen molar-refractivity contribution in [3.05, 3.63) is 29.3 Å². The Labute approximate surface area is 199 Å². The number of benzene rings is 1. The minimum absolute atomic E-state index is 0.121. The number of halogens is 1. The van der Waals surface area contributed by atoms with Gasteiger partial charge in [-0.3, -0.25) is 4.79 Å². The van der Waals surface area contributed by atoms with Crippen LogP contribution >= 0.6 is 23.8 Å². The van der Waals surface area contributed by atoms with Crippen molar-refractivity contribution >= 4 is 34.8 Å². The average molecular weight is 469 g/mol. The van der Waals surface area contributed by atoms with Gasteiger partial charge in [0.2, 0.25) is 0 Å². The van der Waals surface area contributed by atoms with E-state index in [9.17, 15) is 4.79 Å². The van der Waals surface area contributed by atoms with Gasteiger partial charge >= 0.3 is 0 Å². The summed E-state index contributed by atoms with van der Waals surface area (Å²) < 4.78 is 5.40. The van der Waals surface area contributed by atoms with Crippen molar-refractivity contribution in [2.75, 3.05) is 13.2 Å². The van der Waals surface area contributed by atoms with Gasteiger partial charge in [-0.2, -0.15) is 0 Å². The topological polar surface area (TPSA) is 50.4 Å². The summed E-state index contributed by atoms with van der Waals surface area (Å²) in [5.74, 6) is 0.194. The van der Waals surface area contributed by atoms with Gasteiger partial charge in [-0.15, -0.1) is 0 Å². The molecule has 1 rings (SSSR count). The summed E-state index contributed by atoms with van der Waals surface area (Å²) in [5.41, 5.74) is 0. The Morgan fingerprint density at radius 2 is 1.39 bits per heavy atom. The second-order valence-corrected chi connectivity index (χ2v) is 8.93. The molecule has 4 nitrogen and oxygen atoms in total. The molecule has 0 aliphatic carbocycles. The predicted molar refractivity (Wildman–Crippen MR) is 136 cm³/mol. The average Bonchev–Trinajstić information content (AvgIpc) is 2.76. The highest BCUT2D eigenvalue weighted by Crippen LogP contribution is 2.22. The third-order valence-corrected chi connectivity index (χ3v) is 5.82. The SMILES string of the molecule is CCCCCCCCCCCCCCCCNC(=S)NC(=O)COc1ccccc1Cl. The molecule has 0 bridgehead atoms. The Bertz CT molecular complexity index is 613. The number of ether oxygens (including phenoxy) is 1. The smallest absolute Gasteiger partial charge is 0.264 e. The first-order valence-corrected chi connectivity index (χ1v) is 12.9. The fourth-order valence-electron chi connectivity index (χ4n) is 3.43. The van der Waals surface area contributed by atoms with E-state index in [2.05, 4.69) is 17.6 Å². The number of rotatable bonds is 18. The molecule has 0 saturated heterocycles. The Balaban J connectivity index is 1.87. The zero-order valence-electron chi connectivity index (χ0n) is 19.2. The van der Waals surface area contributed by atoms with Gasteiger partial charge < -0.3 is 15.4 Å².